The topological polar surface area (TPSA) is 25.2 Å². The first-order valence-corrected chi connectivity index (χ1v) is 4.45. The van der Waals surface area contributed by atoms with Crippen LogP contribution in [-0.2, 0) is 20.4 Å². The minimum atomic E-state index is 0. The van der Waals surface area contributed by atoms with Gasteiger partial charge in [0.15, 0.2) is 0 Å². The van der Waals surface area contributed by atoms with E-state index in [0.717, 1.165) is 11.4 Å². The molecule has 1 aromatic heterocycles. The Bertz CT molecular complexity index is 371. The Morgan fingerprint density at radius 1 is 0.882 bits per heavy atom. The monoisotopic (exact) mass is 318 g/mol. The number of nitrogens with zero attached hydrogens (tertiary/aromatic N) is 2. The van der Waals surface area contributed by atoms with Gasteiger partial charge in [-0.15, -0.1) is 0 Å². The molecule has 0 spiro atoms. The van der Waals surface area contributed by atoms with Gasteiger partial charge in [0, 0.05) is 6.20 Å². The summed E-state index contributed by atoms with van der Waals surface area (Å²) in [7, 11) is 0. The largest absolute Gasteiger partial charge is 2.00 e. The van der Waals surface area contributed by atoms with Crippen LogP contribution in [0.25, 0.3) is 0 Å². The van der Waals surface area contributed by atoms with Crippen molar-refractivity contribution in [2.75, 3.05) is 0 Å². The fraction of sp³-hybridized carbons (Fsp3) is 0. The summed E-state index contributed by atoms with van der Waals surface area (Å²) in [4.78, 5) is 8.43. The molecule has 0 aliphatic carbocycles. The van der Waals surface area contributed by atoms with Gasteiger partial charge in [0.25, 0.3) is 0 Å². The number of hydrogen-bond donors (Lipinski definition) is 0. The van der Waals surface area contributed by atoms with E-state index in [1.807, 2.05) is 48.5 Å². The molecule has 0 unspecified atom stereocenters. The zero-order chi connectivity index (χ0) is 9.64. The van der Waals surface area contributed by atoms with Crippen LogP contribution in [0, 0.1) is 14.9 Å². The van der Waals surface area contributed by atoms with Gasteiger partial charge in [-0.3, -0.25) is 9.98 Å². The molecule has 2 nitrogen and oxygen atoms in total. The molecule has 0 aliphatic rings. The average Bonchev–Trinajstić information content (AvgIpc) is 2.29. The zero-order valence-corrected chi connectivity index (χ0v) is 11.5. The molecular weight excluding hydrogens is 303 g/mol. The van der Waals surface area contributed by atoms with Crippen molar-refractivity contribution in [3.63, 3.8) is 0 Å². The number of aromatic nitrogens is 1. The molecule has 0 saturated carbocycles. The minimum absolute atomic E-state index is 0. The van der Waals surface area contributed by atoms with E-state index >= 15 is 0 Å². The van der Waals surface area contributed by atoms with Crippen molar-refractivity contribution in [2.24, 2.45) is 4.99 Å². The van der Waals surface area contributed by atoms with E-state index in [1.165, 1.54) is 0 Å². The van der Waals surface area contributed by atoms with E-state index in [4.69, 9.17) is 0 Å². The summed E-state index contributed by atoms with van der Waals surface area (Å²) < 4.78 is 0. The molecule has 0 N–H and O–H groups in total. The maximum absolute atomic E-state index is 4.29. The van der Waals surface area contributed by atoms with Crippen molar-refractivity contribution >= 4 is 11.9 Å². The molecule has 17 heavy (non-hydrogen) atoms. The predicted octanol–water partition coefficient (Wildman–Crippen LogP) is 3.73. The Kier molecular flexibility index (Phi) is 10.5. The number of pyridine rings is 1. The molecule has 0 fully saturated rings. The molecule has 1 heterocycles. The normalized spacial score (nSPS) is 8.71. The van der Waals surface area contributed by atoms with E-state index in [0.29, 0.717) is 0 Å². The third-order valence-electron chi connectivity index (χ3n) is 1.79. The van der Waals surface area contributed by atoms with E-state index in [1.54, 1.807) is 12.4 Å². The third-order valence-corrected chi connectivity index (χ3v) is 1.79. The van der Waals surface area contributed by atoms with Crippen molar-refractivity contribution in [1.82, 2.24) is 4.98 Å². The van der Waals surface area contributed by atoms with Gasteiger partial charge >= 0.3 is 20.4 Å². The summed E-state index contributed by atoms with van der Waals surface area (Å²) in [5.74, 6) is 0. The predicted molar refractivity (Wildman–Crippen MR) is 70.8 cm³/mol. The Morgan fingerprint density at radius 2 is 1.53 bits per heavy atom. The molecule has 0 radical (unpaired) electrons. The summed E-state index contributed by atoms with van der Waals surface area (Å²) in [5, 5.41) is 0. The van der Waals surface area contributed by atoms with E-state index in [2.05, 4.69) is 9.98 Å². The Morgan fingerprint density at radius 3 is 2.12 bits per heavy atom. The molecule has 0 aliphatic heterocycles. The van der Waals surface area contributed by atoms with Crippen LogP contribution in [0.2, 0.25) is 0 Å². The molecule has 0 saturated heterocycles. The number of rotatable bonds is 2. The number of aliphatic imine (C=N–C) groups is 1. The van der Waals surface area contributed by atoms with Crippen molar-refractivity contribution in [3.05, 3.63) is 75.3 Å². The average molecular weight is 319 g/mol. The van der Waals surface area contributed by atoms with Crippen LogP contribution in [0.3, 0.4) is 0 Å². The quantitative estimate of drug-likeness (QED) is 0.470. The van der Waals surface area contributed by atoms with Crippen LogP contribution in [-0.4, -0.2) is 11.2 Å². The summed E-state index contributed by atoms with van der Waals surface area (Å²) in [6, 6.07) is 15.6. The van der Waals surface area contributed by atoms with Crippen LogP contribution in [0.5, 0.6) is 0 Å². The van der Waals surface area contributed by atoms with Crippen LogP contribution in [0.1, 0.15) is 5.69 Å². The van der Waals surface area contributed by atoms with Crippen LogP contribution >= 0.6 is 0 Å². The maximum atomic E-state index is 4.29. The van der Waals surface area contributed by atoms with Gasteiger partial charge < -0.3 is 14.9 Å². The molecule has 92 valence electrons. The van der Waals surface area contributed by atoms with E-state index in [-0.39, 0.29) is 35.3 Å². The summed E-state index contributed by atoms with van der Waals surface area (Å²) in [6.45, 7) is 0. The van der Waals surface area contributed by atoms with Gasteiger partial charge in [-0.1, -0.05) is 24.3 Å². The fourth-order valence-electron chi connectivity index (χ4n) is 1.11. The van der Waals surface area contributed by atoms with Crippen molar-refractivity contribution < 1.29 is 20.4 Å². The first-order chi connectivity index (χ1) is 6.95. The van der Waals surface area contributed by atoms with Gasteiger partial charge in [-0.2, -0.15) is 0 Å². The van der Waals surface area contributed by atoms with Gasteiger partial charge in [0.05, 0.1) is 17.6 Å². The van der Waals surface area contributed by atoms with Crippen LogP contribution in [0.4, 0.5) is 5.69 Å². The van der Waals surface area contributed by atoms with Gasteiger partial charge in [-0.05, 0) is 24.3 Å². The molecule has 1 aromatic carbocycles. The third kappa shape index (κ3) is 6.11. The van der Waals surface area contributed by atoms with Gasteiger partial charge in [-0.25, -0.2) is 0 Å². The van der Waals surface area contributed by atoms with Crippen molar-refractivity contribution in [1.29, 1.82) is 0 Å². The van der Waals surface area contributed by atoms with Gasteiger partial charge in [0.1, 0.15) is 0 Å². The van der Waals surface area contributed by atoms with Crippen LogP contribution in [0.15, 0.2) is 59.7 Å². The molecule has 0 atom stereocenters. The Balaban J connectivity index is 0. The molecule has 2 rings (SSSR count). The molecule has 0 bridgehead atoms. The summed E-state index contributed by atoms with van der Waals surface area (Å²) >= 11 is 0. The Labute approximate surface area is 117 Å². The molecule has 3 heteroatoms. The standard InChI is InChI=1S/C12H10N2.2CH3.Pd/c1-2-6-11(7-3-1)14-10-12-8-4-5-9-13-12;;;/h1-10H;2*1H3;/q;2*-1;+2. The number of hydrogen-bond acceptors (Lipinski definition) is 2. The maximum Gasteiger partial charge on any atom is 2.00 e. The Hall–Kier alpha value is -1.30. The summed E-state index contributed by atoms with van der Waals surface area (Å²) in [6.07, 6.45) is 3.52. The second kappa shape index (κ2) is 9.90. The molecule has 0 amide bonds. The second-order valence-electron chi connectivity index (χ2n) is 2.85. The summed E-state index contributed by atoms with van der Waals surface area (Å²) in [5.41, 5.74) is 1.81. The number of para-hydroxylation sites is 1. The smallest absolute Gasteiger partial charge is 0.358 e. The van der Waals surface area contributed by atoms with Crippen molar-refractivity contribution in [2.45, 2.75) is 0 Å². The van der Waals surface area contributed by atoms with Crippen LogP contribution < -0.4 is 0 Å². The molecular formula is C14H16N2Pd. The van der Waals surface area contributed by atoms with Crippen molar-refractivity contribution in [3.8, 4) is 0 Å². The van der Waals surface area contributed by atoms with E-state index in [9.17, 15) is 0 Å². The zero-order valence-electron chi connectivity index (χ0n) is 9.98. The van der Waals surface area contributed by atoms with E-state index < -0.39 is 0 Å². The fourth-order valence-corrected chi connectivity index (χ4v) is 1.11. The van der Waals surface area contributed by atoms with Gasteiger partial charge in [0.2, 0.25) is 0 Å². The second-order valence-corrected chi connectivity index (χ2v) is 2.85. The number of benzene rings is 1. The SMILES string of the molecule is C(=Nc1ccccc1)c1ccccn1.[CH3-].[CH3-].[Pd+2]. The minimum Gasteiger partial charge on any atom is -0.358 e. The molecule has 2 aromatic rings. The first kappa shape index (κ1) is 18.1. The first-order valence-electron chi connectivity index (χ1n) is 4.45.